The van der Waals surface area contributed by atoms with Gasteiger partial charge in [0.25, 0.3) is 0 Å². The number of carbonyl (C=O) groups excluding carboxylic acids is 2. The summed E-state index contributed by atoms with van der Waals surface area (Å²) in [6.45, 7) is 0. The van der Waals surface area contributed by atoms with Crippen LogP contribution in [0.2, 0.25) is 0 Å². The fourth-order valence-corrected chi connectivity index (χ4v) is 0.993. The SMILES string of the molecule is O=C1C=CC(=O)C(CCC(=O)O)=C1. The number of carboxylic acid groups (broad SMARTS) is 1. The lowest BCUT2D eigenvalue weighted by Crippen LogP contribution is -2.09. The number of allylic oxidation sites excluding steroid dienone is 4. The van der Waals surface area contributed by atoms with Crippen molar-refractivity contribution in [2.75, 3.05) is 0 Å². The van der Waals surface area contributed by atoms with Crippen molar-refractivity contribution in [1.29, 1.82) is 0 Å². The Morgan fingerprint density at radius 3 is 2.62 bits per heavy atom. The Kier molecular flexibility index (Phi) is 2.74. The molecule has 0 heterocycles. The first-order valence-corrected chi connectivity index (χ1v) is 3.78. The van der Waals surface area contributed by atoms with E-state index in [9.17, 15) is 14.4 Å². The Labute approximate surface area is 74.6 Å². The maximum Gasteiger partial charge on any atom is 0.303 e. The van der Waals surface area contributed by atoms with Gasteiger partial charge in [-0.05, 0) is 24.6 Å². The molecule has 0 spiro atoms. The van der Waals surface area contributed by atoms with E-state index in [1.807, 2.05) is 0 Å². The van der Waals surface area contributed by atoms with Crippen LogP contribution in [0.25, 0.3) is 0 Å². The highest BCUT2D eigenvalue weighted by Gasteiger charge is 2.13. The van der Waals surface area contributed by atoms with E-state index in [1.54, 1.807) is 0 Å². The summed E-state index contributed by atoms with van der Waals surface area (Å²) >= 11 is 0. The molecule has 0 atom stereocenters. The molecule has 68 valence electrons. The second kappa shape index (κ2) is 3.80. The van der Waals surface area contributed by atoms with E-state index in [-0.39, 0.29) is 30.0 Å². The number of hydrogen-bond acceptors (Lipinski definition) is 3. The van der Waals surface area contributed by atoms with Gasteiger partial charge in [-0.15, -0.1) is 0 Å². The van der Waals surface area contributed by atoms with Gasteiger partial charge in [-0.25, -0.2) is 0 Å². The molecule has 0 aliphatic heterocycles. The van der Waals surface area contributed by atoms with Gasteiger partial charge in [0.1, 0.15) is 0 Å². The van der Waals surface area contributed by atoms with Crippen molar-refractivity contribution in [2.45, 2.75) is 12.8 Å². The highest BCUT2D eigenvalue weighted by atomic mass is 16.4. The van der Waals surface area contributed by atoms with Crippen LogP contribution in [-0.4, -0.2) is 22.6 Å². The minimum Gasteiger partial charge on any atom is -0.481 e. The standard InChI is InChI=1S/C9H8O4/c10-7-2-3-8(11)6(5-7)1-4-9(12)13/h2-3,5H,1,4H2,(H,12,13). The van der Waals surface area contributed by atoms with Gasteiger partial charge in [-0.2, -0.15) is 0 Å². The molecule has 0 bridgehead atoms. The van der Waals surface area contributed by atoms with Crippen LogP contribution in [0, 0.1) is 0 Å². The largest absolute Gasteiger partial charge is 0.481 e. The third kappa shape index (κ3) is 2.66. The molecule has 0 unspecified atom stereocenters. The number of ketones is 2. The third-order valence-corrected chi connectivity index (χ3v) is 1.64. The number of rotatable bonds is 3. The van der Waals surface area contributed by atoms with Gasteiger partial charge in [-0.3, -0.25) is 14.4 Å². The molecule has 0 saturated heterocycles. The summed E-state index contributed by atoms with van der Waals surface area (Å²) in [5, 5.41) is 8.35. The molecule has 1 aliphatic rings. The Morgan fingerprint density at radius 2 is 2.00 bits per heavy atom. The predicted molar refractivity (Wildman–Crippen MR) is 44.1 cm³/mol. The molecule has 1 aliphatic carbocycles. The van der Waals surface area contributed by atoms with E-state index < -0.39 is 5.97 Å². The van der Waals surface area contributed by atoms with Crippen molar-refractivity contribution in [3.63, 3.8) is 0 Å². The van der Waals surface area contributed by atoms with Crippen LogP contribution < -0.4 is 0 Å². The van der Waals surface area contributed by atoms with Crippen molar-refractivity contribution in [1.82, 2.24) is 0 Å². The van der Waals surface area contributed by atoms with E-state index in [4.69, 9.17) is 5.11 Å². The summed E-state index contributed by atoms with van der Waals surface area (Å²) in [5.74, 6) is -1.52. The predicted octanol–water partition coefficient (Wildman–Crippen LogP) is 0.486. The zero-order valence-electron chi connectivity index (χ0n) is 6.82. The van der Waals surface area contributed by atoms with Crippen molar-refractivity contribution in [3.05, 3.63) is 23.8 Å². The van der Waals surface area contributed by atoms with Crippen molar-refractivity contribution >= 4 is 17.5 Å². The molecule has 13 heavy (non-hydrogen) atoms. The van der Waals surface area contributed by atoms with Crippen molar-refractivity contribution < 1.29 is 19.5 Å². The minimum atomic E-state index is -0.976. The van der Waals surface area contributed by atoms with Crippen LogP contribution in [0.1, 0.15) is 12.8 Å². The van der Waals surface area contributed by atoms with Gasteiger partial charge in [0.2, 0.25) is 0 Å². The van der Waals surface area contributed by atoms with Crippen LogP contribution in [0.5, 0.6) is 0 Å². The van der Waals surface area contributed by atoms with Crippen LogP contribution in [0.15, 0.2) is 23.8 Å². The summed E-state index contributed by atoms with van der Waals surface area (Å²) in [7, 11) is 0. The summed E-state index contributed by atoms with van der Waals surface area (Å²) in [6.07, 6.45) is 3.51. The zero-order valence-corrected chi connectivity index (χ0v) is 6.82. The van der Waals surface area contributed by atoms with Crippen molar-refractivity contribution in [2.24, 2.45) is 0 Å². The summed E-state index contributed by atoms with van der Waals surface area (Å²) in [5.41, 5.74) is 0.273. The van der Waals surface area contributed by atoms with Crippen LogP contribution >= 0.6 is 0 Å². The topological polar surface area (TPSA) is 71.4 Å². The van der Waals surface area contributed by atoms with Gasteiger partial charge < -0.3 is 5.11 Å². The molecule has 0 aromatic heterocycles. The number of hydrogen-bond donors (Lipinski definition) is 1. The van der Waals surface area contributed by atoms with Gasteiger partial charge in [-0.1, -0.05) is 0 Å². The summed E-state index contributed by atoms with van der Waals surface area (Å²) < 4.78 is 0. The maximum atomic E-state index is 11.1. The van der Waals surface area contributed by atoms with Gasteiger partial charge in [0, 0.05) is 12.0 Å². The van der Waals surface area contributed by atoms with Crippen molar-refractivity contribution in [3.8, 4) is 0 Å². The summed E-state index contributed by atoms with van der Waals surface area (Å²) in [6, 6.07) is 0. The molecule has 0 fully saturated rings. The molecule has 4 heteroatoms. The lowest BCUT2D eigenvalue weighted by molar-refractivity contribution is -0.137. The van der Waals surface area contributed by atoms with E-state index in [2.05, 4.69) is 0 Å². The van der Waals surface area contributed by atoms with Crippen LogP contribution in [-0.2, 0) is 14.4 Å². The van der Waals surface area contributed by atoms with Gasteiger partial charge in [0.05, 0.1) is 0 Å². The Bertz CT molecular complexity index is 323. The molecule has 0 radical (unpaired) electrons. The van der Waals surface area contributed by atoms with Crippen LogP contribution in [0.3, 0.4) is 0 Å². The fraction of sp³-hybridized carbons (Fsp3) is 0.222. The van der Waals surface area contributed by atoms with Gasteiger partial charge >= 0.3 is 5.97 Å². The Balaban J connectivity index is 2.63. The molecule has 0 aromatic rings. The molecular formula is C9H8O4. The molecule has 0 aromatic carbocycles. The second-order valence-electron chi connectivity index (χ2n) is 2.66. The molecule has 1 rings (SSSR count). The van der Waals surface area contributed by atoms with E-state index in [1.165, 1.54) is 18.2 Å². The van der Waals surface area contributed by atoms with E-state index >= 15 is 0 Å². The molecule has 1 N–H and O–H groups in total. The van der Waals surface area contributed by atoms with Gasteiger partial charge in [0.15, 0.2) is 11.6 Å². The van der Waals surface area contributed by atoms with E-state index in [0.29, 0.717) is 0 Å². The Hall–Kier alpha value is -1.71. The molecule has 0 amide bonds. The van der Waals surface area contributed by atoms with Crippen LogP contribution in [0.4, 0.5) is 0 Å². The first-order chi connectivity index (χ1) is 6.09. The molecule has 0 saturated carbocycles. The normalized spacial score (nSPS) is 15.8. The number of aliphatic carboxylic acids is 1. The summed E-state index contributed by atoms with van der Waals surface area (Å²) in [4.78, 5) is 32.0. The number of carbonyl (C=O) groups is 3. The monoisotopic (exact) mass is 180 g/mol. The average Bonchev–Trinajstić information content (AvgIpc) is 2.06. The zero-order chi connectivity index (χ0) is 9.84. The lowest BCUT2D eigenvalue weighted by Gasteiger charge is -2.03. The maximum absolute atomic E-state index is 11.1. The first-order valence-electron chi connectivity index (χ1n) is 3.78. The lowest BCUT2D eigenvalue weighted by atomic mass is 9.99. The fourth-order valence-electron chi connectivity index (χ4n) is 0.993. The highest BCUT2D eigenvalue weighted by molar-refractivity contribution is 6.17. The molecule has 4 nitrogen and oxygen atoms in total. The quantitative estimate of drug-likeness (QED) is 0.641. The average molecular weight is 180 g/mol. The number of carboxylic acids is 1. The first kappa shape index (κ1) is 9.38. The van der Waals surface area contributed by atoms with E-state index in [0.717, 1.165) is 0 Å². The second-order valence-corrected chi connectivity index (χ2v) is 2.66. The third-order valence-electron chi connectivity index (χ3n) is 1.64. The highest BCUT2D eigenvalue weighted by Crippen LogP contribution is 2.11. The molecular weight excluding hydrogens is 172 g/mol. The minimum absolute atomic E-state index is 0.115. The Morgan fingerprint density at radius 1 is 1.31 bits per heavy atom. The smallest absolute Gasteiger partial charge is 0.303 e.